The van der Waals surface area contributed by atoms with E-state index in [4.69, 9.17) is 26.0 Å². The van der Waals surface area contributed by atoms with Crippen LogP contribution in [-0.4, -0.2) is 62.5 Å². The predicted molar refractivity (Wildman–Crippen MR) is 159 cm³/mol. The zero-order chi connectivity index (χ0) is 29.3. The van der Waals surface area contributed by atoms with E-state index < -0.39 is 27.8 Å². The van der Waals surface area contributed by atoms with E-state index >= 15 is 0 Å². The lowest BCUT2D eigenvalue weighted by Crippen LogP contribution is -2.40. The molecule has 0 saturated carbocycles. The first kappa shape index (κ1) is 28.4. The van der Waals surface area contributed by atoms with Crippen LogP contribution >= 0.6 is 0 Å². The van der Waals surface area contributed by atoms with Gasteiger partial charge in [0.25, 0.3) is 0 Å². The molecule has 2 aliphatic rings. The van der Waals surface area contributed by atoms with Crippen molar-refractivity contribution >= 4 is 44.1 Å². The van der Waals surface area contributed by atoms with Crippen molar-refractivity contribution in [1.29, 1.82) is 10.8 Å². The summed E-state index contributed by atoms with van der Waals surface area (Å²) < 4.78 is 40.0. The third kappa shape index (κ3) is 6.00. The zero-order valence-electron chi connectivity index (χ0n) is 23.2. The first-order valence-electron chi connectivity index (χ1n) is 13.7. The highest BCUT2D eigenvalue weighted by atomic mass is 32.2. The van der Waals surface area contributed by atoms with Gasteiger partial charge in [0.05, 0.1) is 24.2 Å². The number of anilines is 1. The number of ether oxygens (including phenoxy) is 2. The number of nitrogens with zero attached hydrogens (tertiary/aromatic N) is 2. The highest BCUT2D eigenvalue weighted by molar-refractivity contribution is 7.93. The molecule has 2 heterocycles. The summed E-state index contributed by atoms with van der Waals surface area (Å²) in [5.41, 5.74) is 8.37. The minimum Gasteiger partial charge on any atom is -0.490 e. The van der Waals surface area contributed by atoms with Gasteiger partial charge in [-0.25, -0.2) is 8.42 Å². The molecule has 0 aliphatic carbocycles. The number of benzene rings is 3. The van der Waals surface area contributed by atoms with Crippen molar-refractivity contribution in [1.82, 2.24) is 4.90 Å². The highest BCUT2D eigenvalue weighted by Gasteiger charge is 2.40. The van der Waals surface area contributed by atoms with Gasteiger partial charge in [0.2, 0.25) is 10.0 Å². The van der Waals surface area contributed by atoms with Gasteiger partial charge in [0, 0.05) is 37.9 Å². The average Bonchev–Trinajstić information content (AvgIpc) is 3.32. The second-order valence-electron chi connectivity index (χ2n) is 10.5. The lowest BCUT2D eigenvalue weighted by atomic mass is 9.98. The Morgan fingerprint density at radius 1 is 1.02 bits per heavy atom. The van der Waals surface area contributed by atoms with E-state index in [9.17, 15) is 13.2 Å². The summed E-state index contributed by atoms with van der Waals surface area (Å²) in [4.78, 5) is 14.3. The van der Waals surface area contributed by atoms with Crippen LogP contribution in [0.4, 0.5) is 5.69 Å². The molecule has 3 aromatic rings. The van der Waals surface area contributed by atoms with Crippen molar-refractivity contribution in [3.05, 3.63) is 71.3 Å². The molecule has 1 fully saturated rings. The number of esters is 1. The third-order valence-corrected chi connectivity index (χ3v) is 9.32. The van der Waals surface area contributed by atoms with Crippen LogP contribution in [0.25, 0.3) is 10.8 Å². The van der Waals surface area contributed by atoms with E-state index in [0.29, 0.717) is 29.3 Å². The van der Waals surface area contributed by atoms with Crippen LogP contribution in [0.2, 0.25) is 0 Å². The van der Waals surface area contributed by atoms with E-state index in [1.165, 1.54) is 4.31 Å². The molecular formula is C30H35N5O5S. The SMILES string of the molecule is CCOC(=O)CS(=O)(=O)N1c2ccc(OC3CCN(C(C)=N)CC3)cc2CC1c1ccc2ccc(C(=N)N)cc2c1. The molecule has 0 spiro atoms. The molecular weight excluding hydrogens is 542 g/mol. The molecule has 0 radical (unpaired) electrons. The van der Waals surface area contributed by atoms with Crippen molar-refractivity contribution < 1.29 is 22.7 Å². The first-order chi connectivity index (χ1) is 19.6. The predicted octanol–water partition coefficient (Wildman–Crippen LogP) is 3.96. The van der Waals surface area contributed by atoms with Gasteiger partial charge in [0.1, 0.15) is 17.7 Å². The summed E-state index contributed by atoms with van der Waals surface area (Å²) in [6, 6.07) is 16.1. The number of carbonyl (C=O) groups excluding carboxylic acids is 1. The average molecular weight is 578 g/mol. The van der Waals surface area contributed by atoms with Gasteiger partial charge in [-0.15, -0.1) is 0 Å². The van der Waals surface area contributed by atoms with Crippen molar-refractivity contribution in [3.63, 3.8) is 0 Å². The number of carbonyl (C=O) groups is 1. The van der Waals surface area contributed by atoms with Crippen LogP contribution in [0, 0.1) is 10.8 Å². The van der Waals surface area contributed by atoms with Crippen LogP contribution in [0.3, 0.4) is 0 Å². The number of sulfonamides is 1. The summed E-state index contributed by atoms with van der Waals surface area (Å²) in [6.45, 7) is 5.05. The van der Waals surface area contributed by atoms with Gasteiger partial charge >= 0.3 is 5.97 Å². The number of nitrogen functional groups attached to an aromatic ring is 1. The monoisotopic (exact) mass is 577 g/mol. The lowest BCUT2D eigenvalue weighted by molar-refractivity contribution is -0.139. The maximum Gasteiger partial charge on any atom is 0.323 e. The van der Waals surface area contributed by atoms with Gasteiger partial charge in [-0.3, -0.25) is 19.9 Å². The number of nitrogens with one attached hydrogen (secondary N) is 2. The molecule has 216 valence electrons. The summed E-state index contributed by atoms with van der Waals surface area (Å²) in [7, 11) is -4.08. The molecule has 1 atom stereocenters. The van der Waals surface area contributed by atoms with Crippen molar-refractivity contribution in [2.75, 3.05) is 29.8 Å². The molecule has 10 nitrogen and oxygen atoms in total. The number of nitrogens with two attached hydrogens (primary N) is 1. The van der Waals surface area contributed by atoms with E-state index in [-0.39, 0.29) is 18.5 Å². The molecule has 1 unspecified atom stereocenters. The summed E-state index contributed by atoms with van der Waals surface area (Å²) >= 11 is 0. The molecule has 2 aliphatic heterocycles. The zero-order valence-corrected chi connectivity index (χ0v) is 24.0. The molecule has 3 aromatic carbocycles. The largest absolute Gasteiger partial charge is 0.490 e. The van der Waals surface area contributed by atoms with Crippen LogP contribution in [0.1, 0.15) is 49.4 Å². The Balaban J connectivity index is 1.48. The molecule has 5 rings (SSSR count). The van der Waals surface area contributed by atoms with Crippen LogP contribution in [-0.2, 0) is 26.0 Å². The highest BCUT2D eigenvalue weighted by Crippen LogP contribution is 2.44. The number of hydrogen-bond donors (Lipinski definition) is 3. The molecule has 11 heteroatoms. The fourth-order valence-corrected chi connectivity index (χ4v) is 7.21. The number of amidine groups is 2. The molecule has 0 aromatic heterocycles. The number of hydrogen-bond acceptors (Lipinski definition) is 7. The maximum absolute atomic E-state index is 13.7. The lowest BCUT2D eigenvalue weighted by Gasteiger charge is -2.33. The number of likely N-dealkylation sites (tertiary alicyclic amines) is 1. The summed E-state index contributed by atoms with van der Waals surface area (Å²) in [5.74, 6) is -0.377. The Bertz CT molecular complexity index is 1610. The Kier molecular flexibility index (Phi) is 7.90. The van der Waals surface area contributed by atoms with E-state index in [2.05, 4.69) is 0 Å². The fraction of sp³-hybridized carbons (Fsp3) is 0.367. The van der Waals surface area contributed by atoms with E-state index in [1.54, 1.807) is 32.0 Å². The minimum atomic E-state index is -4.08. The van der Waals surface area contributed by atoms with Gasteiger partial charge in [0.15, 0.2) is 5.75 Å². The molecule has 1 saturated heterocycles. The van der Waals surface area contributed by atoms with Gasteiger partial charge in [-0.1, -0.05) is 24.3 Å². The molecule has 41 heavy (non-hydrogen) atoms. The number of fused-ring (bicyclic) bond motifs is 2. The molecule has 0 bridgehead atoms. The van der Waals surface area contributed by atoms with Gasteiger partial charge < -0.3 is 20.1 Å². The molecule has 4 N–H and O–H groups in total. The normalized spacial score (nSPS) is 17.4. The Hall–Kier alpha value is -4.12. The van der Waals surface area contributed by atoms with E-state index in [0.717, 1.165) is 47.8 Å². The second-order valence-corrected chi connectivity index (χ2v) is 12.3. The number of rotatable bonds is 8. The Morgan fingerprint density at radius 2 is 1.76 bits per heavy atom. The quantitative estimate of drug-likeness (QED) is 0.208. The Labute approximate surface area is 240 Å². The van der Waals surface area contributed by atoms with Crippen LogP contribution in [0.15, 0.2) is 54.6 Å². The van der Waals surface area contributed by atoms with Gasteiger partial charge in [-0.05, 0) is 66.1 Å². The first-order valence-corrected chi connectivity index (χ1v) is 15.3. The molecule has 0 amide bonds. The van der Waals surface area contributed by atoms with Crippen molar-refractivity contribution in [2.45, 2.75) is 45.3 Å². The topological polar surface area (TPSA) is 150 Å². The smallest absolute Gasteiger partial charge is 0.323 e. The summed E-state index contributed by atoms with van der Waals surface area (Å²) in [5, 5.41) is 17.4. The Morgan fingerprint density at radius 3 is 2.44 bits per heavy atom. The summed E-state index contributed by atoms with van der Waals surface area (Å²) in [6.07, 6.45) is 2.02. The maximum atomic E-state index is 13.7. The second kappa shape index (κ2) is 11.4. The van der Waals surface area contributed by atoms with Gasteiger partial charge in [-0.2, -0.15) is 0 Å². The fourth-order valence-electron chi connectivity index (χ4n) is 5.63. The van der Waals surface area contributed by atoms with Crippen LogP contribution < -0.4 is 14.8 Å². The van der Waals surface area contributed by atoms with Crippen molar-refractivity contribution in [3.8, 4) is 5.75 Å². The van der Waals surface area contributed by atoms with Crippen LogP contribution in [0.5, 0.6) is 5.75 Å². The standard InChI is InChI=1S/C30H35N5O5S/c1-3-39-29(36)18-41(37,38)35-27-9-8-26(40-25-10-12-34(13-11-25)19(2)31)16-24(27)17-28(35)21-6-4-20-5-7-22(30(32)33)15-23(20)14-21/h4-9,14-16,25,28,31H,3,10-13,17-18H2,1-2H3,(H3,32,33). The number of piperidine rings is 1. The minimum absolute atomic E-state index is 0.0143. The van der Waals surface area contributed by atoms with E-state index in [1.807, 2.05) is 41.3 Å². The third-order valence-electron chi connectivity index (χ3n) is 7.67. The van der Waals surface area contributed by atoms with Crippen molar-refractivity contribution in [2.24, 2.45) is 5.73 Å².